The van der Waals surface area contributed by atoms with Gasteiger partial charge in [0.05, 0.1) is 11.4 Å². The SMILES string of the molecule is CCCCCC.Cc1cnc(C)c(N)c1CN. The number of unbranched alkanes of at least 4 members (excludes halogenated alkanes) is 3. The number of pyridine rings is 1. The summed E-state index contributed by atoms with van der Waals surface area (Å²) >= 11 is 0. The molecule has 0 bridgehead atoms. The molecule has 1 rings (SSSR count). The van der Waals surface area contributed by atoms with Crippen molar-refractivity contribution in [2.45, 2.75) is 59.9 Å². The molecule has 1 heterocycles. The summed E-state index contributed by atoms with van der Waals surface area (Å²) in [5.41, 5.74) is 14.9. The maximum absolute atomic E-state index is 5.75. The van der Waals surface area contributed by atoms with E-state index in [0.29, 0.717) is 6.54 Å². The van der Waals surface area contributed by atoms with Crippen LogP contribution in [0.2, 0.25) is 0 Å². The van der Waals surface area contributed by atoms with Crippen LogP contribution in [0.4, 0.5) is 5.69 Å². The lowest BCUT2D eigenvalue weighted by Gasteiger charge is -2.07. The van der Waals surface area contributed by atoms with Gasteiger partial charge in [-0.2, -0.15) is 0 Å². The van der Waals surface area contributed by atoms with Crippen LogP contribution in [0.5, 0.6) is 0 Å². The van der Waals surface area contributed by atoms with Crippen molar-refractivity contribution in [2.75, 3.05) is 5.73 Å². The van der Waals surface area contributed by atoms with E-state index in [9.17, 15) is 0 Å². The highest BCUT2D eigenvalue weighted by Gasteiger charge is 2.03. The molecule has 0 amide bonds. The Morgan fingerprint density at radius 3 is 2.00 bits per heavy atom. The molecule has 0 unspecified atom stereocenters. The number of rotatable bonds is 4. The highest BCUT2D eigenvalue weighted by molar-refractivity contribution is 5.52. The first-order chi connectivity index (χ1) is 8.08. The van der Waals surface area contributed by atoms with Gasteiger partial charge in [-0.15, -0.1) is 0 Å². The van der Waals surface area contributed by atoms with Crippen molar-refractivity contribution < 1.29 is 0 Å². The second kappa shape index (κ2) is 8.99. The summed E-state index contributed by atoms with van der Waals surface area (Å²) in [5, 5.41) is 0. The van der Waals surface area contributed by atoms with Crippen LogP contribution in [-0.2, 0) is 6.54 Å². The number of nitrogen functional groups attached to an aromatic ring is 1. The summed E-state index contributed by atoms with van der Waals surface area (Å²) in [6, 6.07) is 0. The second-order valence-electron chi connectivity index (χ2n) is 4.33. The topological polar surface area (TPSA) is 64.9 Å². The van der Waals surface area contributed by atoms with Crippen LogP contribution >= 0.6 is 0 Å². The second-order valence-corrected chi connectivity index (χ2v) is 4.33. The van der Waals surface area contributed by atoms with Gasteiger partial charge < -0.3 is 11.5 Å². The molecular weight excluding hydrogens is 210 g/mol. The molecule has 3 heteroatoms. The molecule has 0 radical (unpaired) electrons. The number of hydrogen-bond donors (Lipinski definition) is 2. The molecule has 98 valence electrons. The fourth-order valence-corrected chi connectivity index (χ4v) is 1.54. The lowest BCUT2D eigenvalue weighted by molar-refractivity contribution is 0.702. The molecule has 17 heavy (non-hydrogen) atoms. The van der Waals surface area contributed by atoms with Crippen LogP contribution in [0, 0.1) is 13.8 Å². The third kappa shape index (κ3) is 5.68. The first-order valence-corrected chi connectivity index (χ1v) is 6.49. The van der Waals surface area contributed by atoms with E-state index in [2.05, 4.69) is 18.8 Å². The van der Waals surface area contributed by atoms with Crippen molar-refractivity contribution in [1.82, 2.24) is 4.98 Å². The standard InChI is InChI=1S/C8H13N3.C6H14/c1-5-4-11-6(2)8(10)7(5)3-9;1-3-5-6-4-2/h4H,3,9-10H2,1-2H3;3-6H2,1-2H3. The summed E-state index contributed by atoms with van der Waals surface area (Å²) in [4.78, 5) is 4.11. The third-order valence-corrected chi connectivity index (χ3v) is 2.80. The van der Waals surface area contributed by atoms with Gasteiger partial charge in [-0.3, -0.25) is 4.98 Å². The normalized spacial score (nSPS) is 9.71. The molecule has 4 N–H and O–H groups in total. The van der Waals surface area contributed by atoms with Gasteiger partial charge in [0.1, 0.15) is 0 Å². The monoisotopic (exact) mass is 237 g/mol. The Morgan fingerprint density at radius 2 is 1.65 bits per heavy atom. The predicted molar refractivity (Wildman–Crippen MR) is 75.8 cm³/mol. The molecule has 0 aliphatic carbocycles. The van der Waals surface area contributed by atoms with E-state index < -0.39 is 0 Å². The van der Waals surface area contributed by atoms with Crippen molar-refractivity contribution >= 4 is 5.69 Å². The number of nitrogens with two attached hydrogens (primary N) is 2. The average molecular weight is 237 g/mol. The Morgan fingerprint density at radius 1 is 1.12 bits per heavy atom. The van der Waals surface area contributed by atoms with Crippen molar-refractivity contribution in [2.24, 2.45) is 5.73 Å². The highest BCUT2D eigenvalue weighted by atomic mass is 14.7. The average Bonchev–Trinajstić information content (AvgIpc) is 2.33. The highest BCUT2D eigenvalue weighted by Crippen LogP contribution is 2.17. The first-order valence-electron chi connectivity index (χ1n) is 6.49. The Hall–Kier alpha value is -1.09. The van der Waals surface area contributed by atoms with E-state index in [1.807, 2.05) is 13.8 Å². The molecule has 1 aromatic rings. The number of nitrogens with zero attached hydrogens (tertiary/aromatic N) is 1. The summed E-state index contributed by atoms with van der Waals surface area (Å²) in [5.74, 6) is 0. The molecule has 0 aliphatic heterocycles. The maximum Gasteiger partial charge on any atom is 0.0605 e. The van der Waals surface area contributed by atoms with Crippen LogP contribution < -0.4 is 11.5 Å². The van der Waals surface area contributed by atoms with E-state index in [0.717, 1.165) is 22.5 Å². The Bertz CT molecular complexity index is 317. The van der Waals surface area contributed by atoms with Crippen LogP contribution in [0.15, 0.2) is 6.20 Å². The molecule has 1 aromatic heterocycles. The number of aryl methyl sites for hydroxylation is 2. The largest absolute Gasteiger partial charge is 0.397 e. The van der Waals surface area contributed by atoms with Gasteiger partial charge in [-0.05, 0) is 25.0 Å². The fourth-order valence-electron chi connectivity index (χ4n) is 1.54. The van der Waals surface area contributed by atoms with Crippen LogP contribution in [0.25, 0.3) is 0 Å². The van der Waals surface area contributed by atoms with Gasteiger partial charge in [-0.1, -0.05) is 39.5 Å². The lowest BCUT2D eigenvalue weighted by atomic mass is 10.1. The molecule has 0 fully saturated rings. The van der Waals surface area contributed by atoms with Gasteiger partial charge in [0.25, 0.3) is 0 Å². The number of anilines is 1. The van der Waals surface area contributed by atoms with Crippen molar-refractivity contribution in [3.05, 3.63) is 23.0 Å². The Kier molecular flexibility index (Phi) is 8.42. The molecule has 0 aliphatic rings. The number of hydrogen-bond acceptors (Lipinski definition) is 3. The predicted octanol–water partition coefficient (Wildman–Crippen LogP) is 3.33. The van der Waals surface area contributed by atoms with Gasteiger partial charge >= 0.3 is 0 Å². The minimum absolute atomic E-state index is 0.487. The maximum atomic E-state index is 5.75. The van der Waals surface area contributed by atoms with Gasteiger partial charge in [0.15, 0.2) is 0 Å². The minimum atomic E-state index is 0.487. The number of aromatic nitrogens is 1. The summed E-state index contributed by atoms with van der Waals surface area (Å²) < 4.78 is 0. The van der Waals surface area contributed by atoms with Gasteiger partial charge in [0.2, 0.25) is 0 Å². The molecule has 0 spiro atoms. The Balaban J connectivity index is 0.000000366. The van der Waals surface area contributed by atoms with Gasteiger partial charge in [0, 0.05) is 12.7 Å². The van der Waals surface area contributed by atoms with Crippen molar-refractivity contribution in [1.29, 1.82) is 0 Å². The van der Waals surface area contributed by atoms with E-state index in [1.165, 1.54) is 25.7 Å². The zero-order chi connectivity index (χ0) is 13.3. The lowest BCUT2D eigenvalue weighted by Crippen LogP contribution is -2.06. The third-order valence-electron chi connectivity index (χ3n) is 2.80. The zero-order valence-electron chi connectivity index (χ0n) is 11.7. The van der Waals surface area contributed by atoms with Crippen molar-refractivity contribution in [3.63, 3.8) is 0 Å². The van der Waals surface area contributed by atoms with E-state index in [-0.39, 0.29) is 0 Å². The summed E-state index contributed by atoms with van der Waals surface area (Å²) in [6.45, 7) is 8.80. The summed E-state index contributed by atoms with van der Waals surface area (Å²) in [6.07, 6.45) is 7.34. The van der Waals surface area contributed by atoms with Crippen LogP contribution in [0.3, 0.4) is 0 Å². The molecule has 0 atom stereocenters. The summed E-state index contributed by atoms with van der Waals surface area (Å²) in [7, 11) is 0. The molecule has 0 saturated carbocycles. The molecule has 0 saturated heterocycles. The minimum Gasteiger partial charge on any atom is -0.397 e. The smallest absolute Gasteiger partial charge is 0.0605 e. The fraction of sp³-hybridized carbons (Fsp3) is 0.643. The van der Waals surface area contributed by atoms with E-state index in [4.69, 9.17) is 11.5 Å². The van der Waals surface area contributed by atoms with Crippen LogP contribution in [-0.4, -0.2) is 4.98 Å². The molecule has 3 nitrogen and oxygen atoms in total. The molecular formula is C14H27N3. The Labute approximate surface area is 106 Å². The van der Waals surface area contributed by atoms with Gasteiger partial charge in [-0.25, -0.2) is 0 Å². The quantitative estimate of drug-likeness (QED) is 0.789. The van der Waals surface area contributed by atoms with Crippen molar-refractivity contribution in [3.8, 4) is 0 Å². The zero-order valence-corrected chi connectivity index (χ0v) is 11.7. The van der Waals surface area contributed by atoms with E-state index in [1.54, 1.807) is 6.20 Å². The van der Waals surface area contributed by atoms with Crippen LogP contribution in [0.1, 0.15) is 56.4 Å². The first kappa shape index (κ1) is 15.9. The molecule has 0 aromatic carbocycles. The van der Waals surface area contributed by atoms with E-state index >= 15 is 0 Å².